The van der Waals surface area contributed by atoms with Gasteiger partial charge in [-0.2, -0.15) is 10.1 Å². The molecule has 0 saturated carbocycles. The van der Waals surface area contributed by atoms with Gasteiger partial charge in [-0.15, -0.1) is 0 Å². The van der Waals surface area contributed by atoms with Gasteiger partial charge in [0, 0.05) is 17.5 Å². The van der Waals surface area contributed by atoms with Crippen LogP contribution < -0.4 is 10.8 Å². The molecule has 1 N–H and O–H groups in total. The van der Waals surface area contributed by atoms with Crippen molar-refractivity contribution in [2.45, 2.75) is 78.0 Å². The van der Waals surface area contributed by atoms with Crippen LogP contribution in [0.3, 0.4) is 0 Å². The van der Waals surface area contributed by atoms with E-state index in [1.54, 1.807) is 16.9 Å². The number of aromatic nitrogens is 5. The Morgan fingerprint density at radius 2 is 1.80 bits per heavy atom. The lowest BCUT2D eigenvalue weighted by Gasteiger charge is -2.32. The van der Waals surface area contributed by atoms with Crippen molar-refractivity contribution in [1.82, 2.24) is 30.1 Å². The van der Waals surface area contributed by atoms with Crippen molar-refractivity contribution >= 4 is 47.2 Å². The SMILES string of the molecule is Cc1cc(B2OC(C)(C)C(C)(C)O2)ccc1CNC(=O)c1noc(C(C)(C)Cc2cnn3cc(Cl)nc(Cl)c23)n1. The molecule has 0 unspecified atom stereocenters. The van der Waals surface area contributed by atoms with Crippen LogP contribution in [0, 0.1) is 6.92 Å². The molecule has 40 heavy (non-hydrogen) atoms. The van der Waals surface area contributed by atoms with Gasteiger partial charge in [0.1, 0.15) is 10.7 Å². The first-order chi connectivity index (χ1) is 18.7. The molecule has 0 bridgehead atoms. The van der Waals surface area contributed by atoms with E-state index in [2.05, 4.69) is 25.5 Å². The molecule has 0 aliphatic carbocycles. The number of halogens is 2. The third-order valence-electron chi connectivity index (χ3n) is 7.67. The van der Waals surface area contributed by atoms with Crippen molar-refractivity contribution in [3.05, 3.63) is 69.3 Å². The van der Waals surface area contributed by atoms with Gasteiger partial charge in [0.2, 0.25) is 5.89 Å². The first kappa shape index (κ1) is 28.5. The van der Waals surface area contributed by atoms with Gasteiger partial charge in [-0.1, -0.05) is 60.4 Å². The maximum Gasteiger partial charge on any atom is 0.494 e. The zero-order valence-corrected chi connectivity index (χ0v) is 25.0. The Kier molecular flexibility index (Phi) is 7.23. The predicted molar refractivity (Wildman–Crippen MR) is 152 cm³/mol. The quantitative estimate of drug-likeness (QED) is 0.316. The predicted octanol–water partition coefficient (Wildman–Crippen LogP) is 4.48. The van der Waals surface area contributed by atoms with Crippen LogP contribution in [-0.2, 0) is 27.7 Å². The van der Waals surface area contributed by atoms with E-state index in [9.17, 15) is 4.79 Å². The van der Waals surface area contributed by atoms with Gasteiger partial charge in [0.15, 0.2) is 5.15 Å². The fourth-order valence-electron chi connectivity index (χ4n) is 4.57. The monoisotopic (exact) mass is 584 g/mol. The van der Waals surface area contributed by atoms with Gasteiger partial charge in [-0.25, -0.2) is 9.50 Å². The highest BCUT2D eigenvalue weighted by atomic mass is 35.5. The van der Waals surface area contributed by atoms with E-state index in [-0.39, 0.29) is 16.1 Å². The van der Waals surface area contributed by atoms with Crippen LogP contribution in [0.15, 0.2) is 35.1 Å². The summed E-state index contributed by atoms with van der Waals surface area (Å²) in [6.07, 6.45) is 3.75. The van der Waals surface area contributed by atoms with Crippen LogP contribution in [0.5, 0.6) is 0 Å². The summed E-state index contributed by atoms with van der Waals surface area (Å²) in [5.41, 5.74) is 2.94. The third-order valence-corrected chi connectivity index (χ3v) is 8.12. The number of benzene rings is 1. The Morgan fingerprint density at radius 1 is 1.10 bits per heavy atom. The summed E-state index contributed by atoms with van der Waals surface area (Å²) in [5, 5.41) is 11.6. The summed E-state index contributed by atoms with van der Waals surface area (Å²) in [5.74, 6) is -0.156. The second kappa shape index (κ2) is 10.1. The highest BCUT2D eigenvalue weighted by Gasteiger charge is 2.51. The number of carbonyl (C=O) groups is 1. The molecule has 0 radical (unpaired) electrons. The molecule has 1 amide bonds. The smallest absolute Gasteiger partial charge is 0.399 e. The molecule has 0 atom stereocenters. The number of hydrogen-bond acceptors (Lipinski definition) is 8. The number of nitrogens with one attached hydrogen (secondary N) is 1. The van der Waals surface area contributed by atoms with Gasteiger partial charge in [-0.3, -0.25) is 4.79 Å². The van der Waals surface area contributed by atoms with Crippen LogP contribution in [0.2, 0.25) is 10.3 Å². The van der Waals surface area contributed by atoms with E-state index in [0.717, 1.165) is 22.2 Å². The minimum absolute atomic E-state index is 0.0408. The molecule has 4 aromatic rings. The van der Waals surface area contributed by atoms with Crippen molar-refractivity contribution in [3.63, 3.8) is 0 Å². The molecular weight excluding hydrogens is 554 g/mol. The Labute approximate surface area is 242 Å². The fourth-order valence-corrected chi connectivity index (χ4v) is 5.09. The van der Waals surface area contributed by atoms with E-state index < -0.39 is 29.6 Å². The minimum Gasteiger partial charge on any atom is -0.399 e. The van der Waals surface area contributed by atoms with Crippen LogP contribution in [0.4, 0.5) is 0 Å². The summed E-state index contributed by atoms with van der Waals surface area (Å²) in [7, 11) is -0.445. The average Bonchev–Trinajstić information content (AvgIpc) is 3.55. The van der Waals surface area contributed by atoms with E-state index in [1.807, 2.05) is 66.7 Å². The van der Waals surface area contributed by atoms with Crippen molar-refractivity contribution in [2.75, 3.05) is 0 Å². The highest BCUT2D eigenvalue weighted by Crippen LogP contribution is 2.36. The van der Waals surface area contributed by atoms with Crippen LogP contribution >= 0.6 is 23.2 Å². The third kappa shape index (κ3) is 5.35. The Morgan fingerprint density at radius 3 is 2.48 bits per heavy atom. The summed E-state index contributed by atoms with van der Waals surface area (Å²) in [6.45, 7) is 14.3. The van der Waals surface area contributed by atoms with Gasteiger partial charge in [0.25, 0.3) is 11.7 Å². The lowest BCUT2D eigenvalue weighted by Crippen LogP contribution is -2.41. The fraction of sp³-hybridized carbons (Fsp3) is 0.444. The number of nitrogens with zero attached hydrogens (tertiary/aromatic N) is 5. The van der Waals surface area contributed by atoms with Crippen LogP contribution in [0.1, 0.15) is 74.7 Å². The zero-order chi connectivity index (χ0) is 29.0. The van der Waals surface area contributed by atoms with Crippen molar-refractivity contribution in [1.29, 1.82) is 0 Å². The molecule has 210 valence electrons. The summed E-state index contributed by atoms with van der Waals surface area (Å²) in [6, 6.07) is 5.95. The molecule has 3 aromatic heterocycles. The standard InChI is InChI=1S/C27H31BCl2N6O4/c1-15-10-18(28-39-26(4,5)27(6,7)40-28)9-8-16(15)12-31-23(37)22-34-24(38-35-22)25(2,3)11-17-13-32-36-14-19(29)33-21(30)20(17)36/h8-10,13-14H,11-12H2,1-7H3,(H,31,37). The molecule has 4 heterocycles. The first-order valence-corrected chi connectivity index (χ1v) is 13.7. The summed E-state index contributed by atoms with van der Waals surface area (Å²) < 4.78 is 19.4. The molecule has 0 spiro atoms. The van der Waals surface area contributed by atoms with E-state index in [0.29, 0.717) is 24.4 Å². The Balaban J connectivity index is 1.24. The van der Waals surface area contributed by atoms with Crippen molar-refractivity contribution in [3.8, 4) is 0 Å². The molecule has 1 aliphatic heterocycles. The number of rotatable bonds is 7. The number of fused-ring (bicyclic) bond motifs is 1. The largest absolute Gasteiger partial charge is 0.494 e. The molecule has 1 aromatic carbocycles. The van der Waals surface area contributed by atoms with Crippen LogP contribution in [-0.4, -0.2) is 49.0 Å². The minimum atomic E-state index is -0.613. The Bertz CT molecular complexity index is 1580. The van der Waals surface area contributed by atoms with Crippen molar-refractivity contribution < 1.29 is 18.6 Å². The summed E-state index contributed by atoms with van der Waals surface area (Å²) >= 11 is 12.3. The van der Waals surface area contributed by atoms with Gasteiger partial charge < -0.3 is 19.1 Å². The lowest BCUT2D eigenvalue weighted by molar-refractivity contribution is 0.00578. The second-order valence-corrected chi connectivity index (χ2v) is 12.5. The van der Waals surface area contributed by atoms with E-state index in [1.165, 1.54) is 0 Å². The Hall–Kier alpha value is -2.99. The average molecular weight is 585 g/mol. The molecule has 5 rings (SSSR count). The molecule has 13 heteroatoms. The van der Waals surface area contributed by atoms with Gasteiger partial charge >= 0.3 is 7.12 Å². The molecule has 10 nitrogen and oxygen atoms in total. The number of aryl methyl sites for hydroxylation is 1. The van der Waals surface area contributed by atoms with E-state index in [4.69, 9.17) is 37.0 Å². The maximum absolute atomic E-state index is 12.9. The first-order valence-electron chi connectivity index (χ1n) is 12.9. The van der Waals surface area contributed by atoms with E-state index >= 15 is 0 Å². The maximum atomic E-state index is 12.9. The topological polar surface area (TPSA) is 117 Å². The molecule has 1 fully saturated rings. The number of hydrogen-bond donors (Lipinski definition) is 1. The number of amides is 1. The highest BCUT2D eigenvalue weighted by molar-refractivity contribution is 6.62. The lowest BCUT2D eigenvalue weighted by atomic mass is 9.78. The molecule has 1 aliphatic rings. The van der Waals surface area contributed by atoms with Gasteiger partial charge in [-0.05, 0) is 57.6 Å². The number of carbonyl (C=O) groups excluding carboxylic acids is 1. The van der Waals surface area contributed by atoms with Gasteiger partial charge in [0.05, 0.1) is 23.6 Å². The van der Waals surface area contributed by atoms with Crippen molar-refractivity contribution in [2.24, 2.45) is 0 Å². The normalized spacial score (nSPS) is 16.6. The molecular formula is C27H31BCl2N6O4. The van der Waals surface area contributed by atoms with Crippen LogP contribution in [0.25, 0.3) is 5.52 Å². The zero-order valence-electron chi connectivity index (χ0n) is 23.5. The molecule has 1 saturated heterocycles. The summed E-state index contributed by atoms with van der Waals surface area (Å²) in [4.78, 5) is 21.4. The second-order valence-electron chi connectivity index (χ2n) is 11.8.